The molecule has 9 heteroatoms. The van der Waals surface area contributed by atoms with Crippen LogP contribution in [0.1, 0.15) is 30.9 Å². The first-order valence-corrected chi connectivity index (χ1v) is 12.1. The van der Waals surface area contributed by atoms with Crippen LogP contribution in [0.4, 0.5) is 5.69 Å². The third kappa shape index (κ3) is 7.53. The zero-order valence-corrected chi connectivity index (χ0v) is 21.4. The van der Waals surface area contributed by atoms with Crippen molar-refractivity contribution in [3.63, 3.8) is 0 Å². The van der Waals surface area contributed by atoms with E-state index in [0.717, 1.165) is 22.0 Å². The average molecular weight is 521 g/mol. The molecule has 0 aliphatic carbocycles. The number of carboxylic acids is 1. The van der Waals surface area contributed by atoms with E-state index in [1.807, 2.05) is 48.2 Å². The number of hydrogen-bond acceptors (Lipinski definition) is 5. The number of carbonyl (C=O) groups excluding carboxylic acids is 1. The molecule has 0 radical (unpaired) electrons. The number of carbonyl (C=O) groups is 2. The largest absolute Gasteiger partial charge is 0.480 e. The molecule has 0 spiro atoms. The second kappa shape index (κ2) is 11.3. The summed E-state index contributed by atoms with van der Waals surface area (Å²) in [5, 5.41) is 13.0. The van der Waals surface area contributed by atoms with E-state index in [1.165, 1.54) is 11.8 Å². The number of nitrogens with zero attached hydrogens (tertiary/aromatic N) is 1. The fraction of sp³-hybridized carbons (Fsp3) is 0.280. The molecule has 3 aromatic rings. The van der Waals surface area contributed by atoms with E-state index in [2.05, 4.69) is 5.32 Å². The van der Waals surface area contributed by atoms with E-state index in [-0.39, 0.29) is 12.5 Å². The van der Waals surface area contributed by atoms with Gasteiger partial charge in [-0.1, -0.05) is 35.3 Å². The summed E-state index contributed by atoms with van der Waals surface area (Å²) >= 11 is 13.4. The molecule has 6 nitrogen and oxygen atoms in total. The summed E-state index contributed by atoms with van der Waals surface area (Å²) in [5.41, 5.74) is 1.48. The summed E-state index contributed by atoms with van der Waals surface area (Å²) in [7, 11) is 0. The van der Waals surface area contributed by atoms with Gasteiger partial charge in [0.15, 0.2) is 0 Å². The van der Waals surface area contributed by atoms with Crippen molar-refractivity contribution in [2.75, 3.05) is 11.9 Å². The Kier molecular flexibility index (Phi) is 8.71. The Hall–Kier alpha value is -2.45. The molecule has 0 saturated heterocycles. The maximum atomic E-state index is 12.8. The molecule has 3 rings (SSSR count). The van der Waals surface area contributed by atoms with Crippen LogP contribution < -0.4 is 5.32 Å². The molecule has 0 atom stereocenters. The molecule has 1 aromatic heterocycles. The van der Waals surface area contributed by atoms with Gasteiger partial charge in [0.2, 0.25) is 5.91 Å². The van der Waals surface area contributed by atoms with Crippen molar-refractivity contribution >= 4 is 52.5 Å². The minimum absolute atomic E-state index is 0.112. The van der Waals surface area contributed by atoms with Crippen LogP contribution in [-0.2, 0) is 22.7 Å². The minimum Gasteiger partial charge on any atom is -0.480 e. The van der Waals surface area contributed by atoms with Crippen LogP contribution in [0, 0.1) is 6.92 Å². The predicted octanol–water partition coefficient (Wildman–Crippen LogP) is 6.49. The molecule has 0 fully saturated rings. The molecular weight excluding hydrogens is 495 g/mol. The molecule has 0 unspecified atom stereocenters. The van der Waals surface area contributed by atoms with Crippen molar-refractivity contribution in [3.05, 3.63) is 81.7 Å². The third-order valence-corrected chi connectivity index (χ3v) is 6.71. The van der Waals surface area contributed by atoms with Gasteiger partial charge in [-0.2, -0.15) is 0 Å². The van der Waals surface area contributed by atoms with Crippen LogP contribution in [0.25, 0.3) is 0 Å². The van der Waals surface area contributed by atoms with E-state index >= 15 is 0 Å². The van der Waals surface area contributed by atoms with Crippen molar-refractivity contribution in [2.45, 2.75) is 43.5 Å². The van der Waals surface area contributed by atoms with Crippen LogP contribution in [0.5, 0.6) is 0 Å². The molecule has 34 heavy (non-hydrogen) atoms. The summed E-state index contributed by atoms with van der Waals surface area (Å²) in [4.78, 5) is 27.0. The van der Waals surface area contributed by atoms with Gasteiger partial charge in [0, 0.05) is 16.5 Å². The molecule has 2 aromatic carbocycles. The zero-order chi connectivity index (χ0) is 24.9. The first kappa shape index (κ1) is 26.2. The maximum absolute atomic E-state index is 12.8. The Balaban J connectivity index is 1.71. The lowest BCUT2D eigenvalue weighted by Crippen LogP contribution is -2.32. The first-order chi connectivity index (χ1) is 16.0. The fourth-order valence-electron chi connectivity index (χ4n) is 3.20. The third-order valence-electron chi connectivity index (χ3n) is 4.97. The number of aliphatic carboxylic acids is 1. The van der Waals surface area contributed by atoms with Gasteiger partial charge in [-0.3, -0.25) is 14.5 Å². The highest BCUT2D eigenvalue weighted by Crippen LogP contribution is 2.33. The quantitative estimate of drug-likeness (QED) is 0.297. The zero-order valence-electron chi connectivity index (χ0n) is 19.1. The van der Waals surface area contributed by atoms with Crippen molar-refractivity contribution < 1.29 is 19.1 Å². The second-order valence-electron chi connectivity index (χ2n) is 8.39. The Morgan fingerprint density at radius 3 is 2.35 bits per heavy atom. The predicted molar refractivity (Wildman–Crippen MR) is 137 cm³/mol. The molecule has 0 aliphatic heterocycles. The number of nitrogens with one attached hydrogen (secondary N) is 1. The molecule has 2 N–H and O–H groups in total. The van der Waals surface area contributed by atoms with Crippen LogP contribution in [0.3, 0.4) is 0 Å². The topological polar surface area (TPSA) is 82.8 Å². The number of amides is 1. The van der Waals surface area contributed by atoms with E-state index < -0.39 is 10.7 Å². The van der Waals surface area contributed by atoms with Gasteiger partial charge in [-0.25, -0.2) is 0 Å². The molecule has 0 aliphatic rings. The van der Waals surface area contributed by atoms with Gasteiger partial charge in [0.05, 0.1) is 23.8 Å². The van der Waals surface area contributed by atoms with Crippen molar-refractivity contribution in [1.82, 2.24) is 4.90 Å². The summed E-state index contributed by atoms with van der Waals surface area (Å²) < 4.78 is 4.79. The second-order valence-corrected chi connectivity index (χ2v) is 10.9. The Morgan fingerprint density at radius 1 is 1.06 bits per heavy atom. The number of carboxylic acid groups (broad SMARTS) is 1. The summed E-state index contributed by atoms with van der Waals surface area (Å²) in [5.74, 6) is 0.469. The lowest BCUT2D eigenvalue weighted by molar-refractivity contribution is -0.138. The van der Waals surface area contributed by atoms with Gasteiger partial charge < -0.3 is 14.8 Å². The number of halogens is 2. The van der Waals surface area contributed by atoms with Crippen molar-refractivity contribution in [2.24, 2.45) is 0 Å². The van der Waals surface area contributed by atoms with Gasteiger partial charge in [0.1, 0.15) is 16.3 Å². The van der Waals surface area contributed by atoms with Crippen LogP contribution in [0.15, 0.2) is 63.9 Å². The van der Waals surface area contributed by atoms with E-state index in [1.54, 1.807) is 32.0 Å². The minimum atomic E-state index is -0.925. The average Bonchev–Trinajstić information content (AvgIpc) is 3.15. The number of benzene rings is 2. The number of furan rings is 1. The SMILES string of the molecule is Cc1ccc(CN(CC(=O)Nc2ccc(Cl)cc2Cl)Cc2ccc(SC(C)(C)C(=O)O)cc2)o1. The highest BCUT2D eigenvalue weighted by molar-refractivity contribution is 8.01. The lowest BCUT2D eigenvalue weighted by Gasteiger charge is -2.22. The summed E-state index contributed by atoms with van der Waals surface area (Å²) in [6, 6.07) is 16.4. The number of aryl methyl sites for hydroxylation is 1. The van der Waals surface area contributed by atoms with Crippen LogP contribution in [0.2, 0.25) is 10.0 Å². The van der Waals surface area contributed by atoms with Gasteiger partial charge in [-0.15, -0.1) is 11.8 Å². The van der Waals surface area contributed by atoms with E-state index in [0.29, 0.717) is 28.8 Å². The number of thioether (sulfide) groups is 1. The van der Waals surface area contributed by atoms with Crippen molar-refractivity contribution in [1.29, 1.82) is 0 Å². The van der Waals surface area contributed by atoms with E-state index in [4.69, 9.17) is 27.6 Å². The highest BCUT2D eigenvalue weighted by Gasteiger charge is 2.28. The molecule has 1 heterocycles. The van der Waals surface area contributed by atoms with Gasteiger partial charge in [-0.05, 0) is 68.8 Å². The Labute approximate surface area is 213 Å². The first-order valence-electron chi connectivity index (χ1n) is 10.6. The number of rotatable bonds is 10. The highest BCUT2D eigenvalue weighted by atomic mass is 35.5. The van der Waals surface area contributed by atoms with Gasteiger partial charge >= 0.3 is 5.97 Å². The molecule has 1 amide bonds. The standard InChI is InChI=1S/C25H26Cl2N2O4S/c1-16-4-8-19(33-16)14-29(15-23(30)28-22-11-7-18(26)12-21(22)27)13-17-5-9-20(10-6-17)34-25(2,3)24(31)32/h4-12H,13-15H2,1-3H3,(H,28,30)(H,31,32). The molecule has 0 bridgehead atoms. The number of hydrogen-bond donors (Lipinski definition) is 2. The van der Waals surface area contributed by atoms with Crippen LogP contribution >= 0.6 is 35.0 Å². The molecular formula is C25H26Cl2N2O4S. The smallest absolute Gasteiger partial charge is 0.319 e. The van der Waals surface area contributed by atoms with Crippen molar-refractivity contribution in [3.8, 4) is 0 Å². The Bertz CT molecular complexity index is 1160. The monoisotopic (exact) mass is 520 g/mol. The molecule has 0 saturated carbocycles. The normalized spacial score (nSPS) is 11.6. The van der Waals surface area contributed by atoms with Crippen LogP contribution in [-0.4, -0.2) is 33.2 Å². The maximum Gasteiger partial charge on any atom is 0.319 e. The fourth-order valence-corrected chi connectivity index (χ4v) is 4.61. The van der Waals surface area contributed by atoms with E-state index in [9.17, 15) is 14.7 Å². The van der Waals surface area contributed by atoms with Gasteiger partial charge in [0.25, 0.3) is 0 Å². The Morgan fingerprint density at radius 2 is 1.76 bits per heavy atom. The molecule has 180 valence electrons. The summed E-state index contributed by atoms with van der Waals surface area (Å²) in [6.45, 7) is 6.27. The number of anilines is 1. The lowest BCUT2D eigenvalue weighted by atomic mass is 10.2. The summed E-state index contributed by atoms with van der Waals surface area (Å²) in [6.07, 6.45) is 0.